The molecule has 118 valence electrons. The quantitative estimate of drug-likeness (QED) is 0.790. The van der Waals surface area contributed by atoms with Gasteiger partial charge < -0.3 is 5.32 Å². The molecule has 4 nitrogen and oxygen atoms in total. The molecule has 0 fully saturated rings. The first-order chi connectivity index (χ1) is 9.70. The molecule has 0 bridgehead atoms. The van der Waals surface area contributed by atoms with Crippen molar-refractivity contribution in [2.24, 2.45) is 0 Å². The topological polar surface area (TPSA) is 63.2 Å². The molecule has 0 radical (unpaired) electrons. The highest BCUT2D eigenvalue weighted by molar-refractivity contribution is 8.13. The van der Waals surface area contributed by atoms with E-state index in [1.54, 1.807) is 6.92 Å². The van der Waals surface area contributed by atoms with Crippen LogP contribution in [0, 0.1) is 6.92 Å². The van der Waals surface area contributed by atoms with Gasteiger partial charge in [0.2, 0.25) is 0 Å². The number of halogens is 2. The molecule has 21 heavy (non-hydrogen) atoms. The van der Waals surface area contributed by atoms with Gasteiger partial charge in [0.25, 0.3) is 15.0 Å². The molecule has 1 aromatic carbocycles. The van der Waals surface area contributed by atoms with Gasteiger partial charge in [-0.3, -0.25) is 4.79 Å². The molecule has 1 aromatic rings. The predicted octanol–water partition coefficient (Wildman–Crippen LogP) is 3.88. The maximum atomic E-state index is 12.3. The van der Waals surface area contributed by atoms with Gasteiger partial charge in [0, 0.05) is 27.3 Å². The molecule has 7 heteroatoms. The highest BCUT2D eigenvalue weighted by atomic mass is 35.7. The Hall–Kier alpha value is -0.780. The van der Waals surface area contributed by atoms with Gasteiger partial charge in [-0.05, 0) is 37.5 Å². The van der Waals surface area contributed by atoms with Crippen LogP contribution in [0.3, 0.4) is 0 Å². The zero-order valence-corrected chi connectivity index (χ0v) is 14.6. The highest BCUT2D eigenvalue weighted by Gasteiger charge is 2.21. The zero-order valence-electron chi connectivity index (χ0n) is 12.2. The fraction of sp³-hybridized carbons (Fsp3) is 0.500. The van der Waals surface area contributed by atoms with Crippen LogP contribution in [-0.2, 0) is 9.05 Å². The average Bonchev–Trinajstić information content (AvgIpc) is 2.39. The minimum atomic E-state index is -3.95. The molecular weight excluding hydrogens is 333 g/mol. The van der Waals surface area contributed by atoms with Crippen LogP contribution < -0.4 is 5.32 Å². The van der Waals surface area contributed by atoms with E-state index in [-0.39, 0.29) is 27.4 Å². The van der Waals surface area contributed by atoms with Crippen molar-refractivity contribution in [3.8, 4) is 0 Å². The number of benzene rings is 1. The fourth-order valence-electron chi connectivity index (χ4n) is 2.13. The van der Waals surface area contributed by atoms with E-state index in [0.717, 1.165) is 19.3 Å². The summed E-state index contributed by atoms with van der Waals surface area (Å²) in [5.41, 5.74) is 0.537. The Kier molecular flexibility index (Phi) is 6.50. The van der Waals surface area contributed by atoms with E-state index in [1.165, 1.54) is 12.1 Å². The molecule has 0 spiro atoms. The van der Waals surface area contributed by atoms with Crippen molar-refractivity contribution >= 4 is 37.2 Å². The largest absolute Gasteiger partial charge is 0.349 e. The maximum Gasteiger partial charge on any atom is 0.261 e. The van der Waals surface area contributed by atoms with Gasteiger partial charge in [0.1, 0.15) is 0 Å². The third kappa shape index (κ3) is 4.87. The second-order valence-electron chi connectivity index (χ2n) is 4.88. The van der Waals surface area contributed by atoms with Crippen LogP contribution >= 0.6 is 22.3 Å². The molecule has 0 aliphatic heterocycles. The summed E-state index contributed by atoms with van der Waals surface area (Å²) in [7, 11) is 1.43. The predicted molar refractivity (Wildman–Crippen MR) is 85.7 cm³/mol. The molecule has 0 saturated heterocycles. The number of hydrogen-bond donors (Lipinski definition) is 1. The van der Waals surface area contributed by atoms with Crippen molar-refractivity contribution in [1.29, 1.82) is 0 Å². The van der Waals surface area contributed by atoms with Gasteiger partial charge in [0.15, 0.2) is 0 Å². The van der Waals surface area contributed by atoms with Gasteiger partial charge in [-0.25, -0.2) is 8.42 Å². The normalized spacial score (nSPS) is 13.0. The van der Waals surface area contributed by atoms with Gasteiger partial charge in [-0.15, -0.1) is 0 Å². The van der Waals surface area contributed by atoms with Crippen LogP contribution in [0.4, 0.5) is 0 Å². The summed E-state index contributed by atoms with van der Waals surface area (Å²) in [5.74, 6) is -0.336. The standard InChI is InChI=1S/C14H19Cl2NO3S/c1-4-6-11(5-2)17-14(18)12-7-10(15)8-13(9(12)3)21(16,19)20/h7-8,11H,4-6H2,1-3H3,(H,17,18). The molecule has 0 heterocycles. The van der Waals surface area contributed by atoms with E-state index in [0.29, 0.717) is 5.56 Å². The van der Waals surface area contributed by atoms with Crippen LogP contribution in [0.1, 0.15) is 49.0 Å². The first-order valence-electron chi connectivity index (χ1n) is 6.76. The first-order valence-corrected chi connectivity index (χ1v) is 9.45. The number of nitrogens with one attached hydrogen (secondary N) is 1. The van der Waals surface area contributed by atoms with Crippen molar-refractivity contribution in [3.05, 3.63) is 28.3 Å². The Bertz CT molecular complexity index is 629. The van der Waals surface area contributed by atoms with E-state index < -0.39 is 9.05 Å². The van der Waals surface area contributed by atoms with Crippen molar-refractivity contribution in [3.63, 3.8) is 0 Å². The Morgan fingerprint density at radius 1 is 1.33 bits per heavy atom. The summed E-state index contributed by atoms with van der Waals surface area (Å²) < 4.78 is 23.1. The van der Waals surface area contributed by atoms with Crippen LogP contribution in [0.2, 0.25) is 5.02 Å². The van der Waals surface area contributed by atoms with E-state index in [4.69, 9.17) is 22.3 Å². The minimum absolute atomic E-state index is 0.0527. The molecule has 0 aliphatic rings. The number of amides is 1. The summed E-state index contributed by atoms with van der Waals surface area (Å²) in [6.45, 7) is 5.57. The van der Waals surface area contributed by atoms with Gasteiger partial charge in [-0.2, -0.15) is 0 Å². The Labute approximate surface area is 135 Å². The number of rotatable bonds is 6. The summed E-state index contributed by atoms with van der Waals surface area (Å²) in [5, 5.41) is 3.06. The molecule has 1 rings (SSSR count). The maximum absolute atomic E-state index is 12.3. The molecule has 1 atom stereocenters. The van der Waals surface area contributed by atoms with Gasteiger partial charge >= 0.3 is 0 Å². The van der Waals surface area contributed by atoms with Crippen LogP contribution in [0.25, 0.3) is 0 Å². The number of carbonyl (C=O) groups is 1. The second kappa shape index (κ2) is 7.47. The minimum Gasteiger partial charge on any atom is -0.349 e. The lowest BCUT2D eigenvalue weighted by Gasteiger charge is -2.17. The molecule has 0 aliphatic carbocycles. The number of carbonyl (C=O) groups excluding carboxylic acids is 1. The third-order valence-corrected chi connectivity index (χ3v) is 4.96. The lowest BCUT2D eigenvalue weighted by molar-refractivity contribution is 0.0933. The molecular formula is C14H19Cl2NO3S. The molecule has 0 saturated carbocycles. The Morgan fingerprint density at radius 3 is 2.43 bits per heavy atom. The van der Waals surface area contributed by atoms with Crippen molar-refractivity contribution < 1.29 is 13.2 Å². The molecule has 1 N–H and O–H groups in total. The number of hydrogen-bond acceptors (Lipinski definition) is 3. The second-order valence-corrected chi connectivity index (χ2v) is 7.85. The third-order valence-electron chi connectivity index (χ3n) is 3.30. The summed E-state index contributed by atoms with van der Waals surface area (Å²) >= 11 is 5.90. The monoisotopic (exact) mass is 351 g/mol. The zero-order chi connectivity index (χ0) is 16.2. The molecule has 1 unspecified atom stereocenters. The van der Waals surface area contributed by atoms with E-state index in [2.05, 4.69) is 5.32 Å². The van der Waals surface area contributed by atoms with Crippen molar-refractivity contribution in [2.75, 3.05) is 0 Å². The lowest BCUT2D eigenvalue weighted by atomic mass is 10.1. The van der Waals surface area contributed by atoms with E-state index >= 15 is 0 Å². The SMILES string of the molecule is CCCC(CC)NC(=O)c1cc(Cl)cc(S(=O)(=O)Cl)c1C. The summed E-state index contributed by atoms with van der Waals surface area (Å²) in [6, 6.07) is 2.76. The average molecular weight is 352 g/mol. The Balaban J connectivity index is 3.19. The van der Waals surface area contributed by atoms with E-state index in [1.807, 2.05) is 13.8 Å². The first kappa shape index (κ1) is 18.3. The van der Waals surface area contributed by atoms with Crippen LogP contribution in [-0.4, -0.2) is 20.4 Å². The molecule has 0 aromatic heterocycles. The highest BCUT2D eigenvalue weighted by Crippen LogP contribution is 2.27. The molecule has 1 amide bonds. The van der Waals surface area contributed by atoms with Gasteiger partial charge in [0.05, 0.1) is 4.90 Å². The van der Waals surface area contributed by atoms with Crippen LogP contribution in [0.15, 0.2) is 17.0 Å². The smallest absolute Gasteiger partial charge is 0.261 e. The Morgan fingerprint density at radius 2 is 1.95 bits per heavy atom. The van der Waals surface area contributed by atoms with Crippen molar-refractivity contribution in [1.82, 2.24) is 5.32 Å². The van der Waals surface area contributed by atoms with E-state index in [9.17, 15) is 13.2 Å². The van der Waals surface area contributed by atoms with Gasteiger partial charge in [-0.1, -0.05) is 31.9 Å². The fourth-order valence-corrected chi connectivity index (χ4v) is 3.64. The summed E-state index contributed by atoms with van der Waals surface area (Å²) in [4.78, 5) is 12.2. The van der Waals surface area contributed by atoms with Crippen LogP contribution in [0.5, 0.6) is 0 Å². The summed E-state index contributed by atoms with van der Waals surface area (Å²) in [6.07, 6.45) is 2.62. The van der Waals surface area contributed by atoms with Crippen molar-refractivity contribution in [2.45, 2.75) is 51.0 Å². The lowest BCUT2D eigenvalue weighted by Crippen LogP contribution is -2.34.